The minimum atomic E-state index is -3.51. The maximum Gasteiger partial charge on any atom is 0.315 e. The van der Waals surface area contributed by atoms with Crippen molar-refractivity contribution in [1.29, 1.82) is 5.26 Å². The second kappa shape index (κ2) is 7.66. The molecule has 7 nitrogen and oxygen atoms in total. The quantitative estimate of drug-likeness (QED) is 0.816. The number of hydrogen-bond donors (Lipinski definition) is 2. The van der Waals surface area contributed by atoms with Gasteiger partial charge in [0.25, 0.3) is 0 Å². The summed E-state index contributed by atoms with van der Waals surface area (Å²) in [6.07, 6.45) is 1.08. The normalized spacial score (nSPS) is 10.9. The van der Waals surface area contributed by atoms with E-state index in [4.69, 9.17) is 5.26 Å². The Bertz CT molecular complexity index is 665. The third-order valence-electron chi connectivity index (χ3n) is 2.68. The van der Waals surface area contributed by atoms with E-state index in [9.17, 15) is 13.2 Å². The fourth-order valence-corrected chi connectivity index (χ4v) is 2.72. The maximum atomic E-state index is 11.9. The lowest BCUT2D eigenvalue weighted by Gasteiger charge is -2.23. The van der Waals surface area contributed by atoms with Crippen LogP contribution in [0.4, 0.5) is 10.5 Å². The lowest BCUT2D eigenvalue weighted by molar-refractivity contribution is 0.239. The standard InChI is InChI=1S/C14H20N4O3S/c1-11(2)17-14(19)16-7-8-18(22(3,20)21)13-6-4-5-12(9-13)10-15/h4-6,9,11H,7-8H2,1-3H3,(H2,16,17,19). The molecule has 2 N–H and O–H groups in total. The van der Waals surface area contributed by atoms with Crippen LogP contribution in [0.25, 0.3) is 0 Å². The van der Waals surface area contributed by atoms with Gasteiger partial charge in [-0.2, -0.15) is 5.26 Å². The Morgan fingerprint density at radius 1 is 1.41 bits per heavy atom. The zero-order valence-electron chi connectivity index (χ0n) is 12.8. The summed E-state index contributed by atoms with van der Waals surface area (Å²) in [5.74, 6) is 0. The number of benzene rings is 1. The van der Waals surface area contributed by atoms with E-state index in [1.54, 1.807) is 18.2 Å². The molecule has 120 valence electrons. The molecule has 8 heteroatoms. The monoisotopic (exact) mass is 324 g/mol. The number of nitrogens with zero attached hydrogens (tertiary/aromatic N) is 2. The minimum absolute atomic E-state index is 0.00155. The highest BCUT2D eigenvalue weighted by atomic mass is 32.2. The number of hydrogen-bond acceptors (Lipinski definition) is 4. The fourth-order valence-electron chi connectivity index (χ4n) is 1.80. The smallest absolute Gasteiger partial charge is 0.315 e. The Morgan fingerprint density at radius 3 is 2.64 bits per heavy atom. The molecule has 0 radical (unpaired) electrons. The van der Waals surface area contributed by atoms with Crippen LogP contribution in [-0.4, -0.2) is 39.8 Å². The molecular weight excluding hydrogens is 304 g/mol. The molecule has 0 aliphatic carbocycles. The van der Waals surface area contributed by atoms with Gasteiger partial charge in [0.05, 0.1) is 30.1 Å². The molecule has 0 aliphatic rings. The summed E-state index contributed by atoms with van der Waals surface area (Å²) in [5, 5.41) is 14.1. The van der Waals surface area contributed by atoms with Crippen LogP contribution in [0.3, 0.4) is 0 Å². The Balaban J connectivity index is 2.79. The van der Waals surface area contributed by atoms with Gasteiger partial charge in [0, 0.05) is 12.6 Å². The van der Waals surface area contributed by atoms with Crippen molar-refractivity contribution in [3.63, 3.8) is 0 Å². The zero-order valence-corrected chi connectivity index (χ0v) is 13.6. The molecule has 0 aromatic heterocycles. The van der Waals surface area contributed by atoms with E-state index in [-0.39, 0.29) is 25.2 Å². The average molecular weight is 324 g/mol. The van der Waals surface area contributed by atoms with Crippen molar-refractivity contribution < 1.29 is 13.2 Å². The van der Waals surface area contributed by atoms with Crippen molar-refractivity contribution in [2.75, 3.05) is 23.7 Å². The van der Waals surface area contributed by atoms with E-state index in [0.717, 1.165) is 10.6 Å². The summed E-state index contributed by atoms with van der Waals surface area (Å²) in [6.45, 7) is 3.90. The van der Waals surface area contributed by atoms with Crippen molar-refractivity contribution in [3.05, 3.63) is 29.8 Å². The number of amides is 2. The summed E-state index contributed by atoms with van der Waals surface area (Å²) in [7, 11) is -3.51. The van der Waals surface area contributed by atoms with Gasteiger partial charge in [-0.15, -0.1) is 0 Å². The molecule has 0 atom stereocenters. The summed E-state index contributed by atoms with van der Waals surface area (Å²) >= 11 is 0. The van der Waals surface area contributed by atoms with Crippen LogP contribution >= 0.6 is 0 Å². The lowest BCUT2D eigenvalue weighted by Crippen LogP contribution is -2.43. The van der Waals surface area contributed by atoms with Gasteiger partial charge < -0.3 is 10.6 Å². The van der Waals surface area contributed by atoms with Gasteiger partial charge >= 0.3 is 6.03 Å². The van der Waals surface area contributed by atoms with E-state index in [1.807, 2.05) is 19.9 Å². The first-order valence-electron chi connectivity index (χ1n) is 6.76. The number of nitrogens with one attached hydrogen (secondary N) is 2. The van der Waals surface area contributed by atoms with Crippen LogP contribution in [0.15, 0.2) is 24.3 Å². The van der Waals surface area contributed by atoms with Crippen LogP contribution < -0.4 is 14.9 Å². The lowest BCUT2D eigenvalue weighted by atomic mass is 10.2. The number of urea groups is 1. The van der Waals surface area contributed by atoms with Crippen LogP contribution in [-0.2, 0) is 10.0 Å². The summed E-state index contributed by atoms with van der Waals surface area (Å²) in [5.41, 5.74) is 0.768. The predicted molar refractivity (Wildman–Crippen MR) is 85.0 cm³/mol. The third-order valence-corrected chi connectivity index (χ3v) is 3.88. The highest BCUT2D eigenvalue weighted by molar-refractivity contribution is 7.92. The molecule has 0 spiro atoms. The Labute approximate surface area is 131 Å². The Hall–Kier alpha value is -2.27. The zero-order chi connectivity index (χ0) is 16.8. The molecule has 2 amide bonds. The molecule has 0 heterocycles. The molecule has 0 saturated carbocycles. The highest BCUT2D eigenvalue weighted by Crippen LogP contribution is 2.18. The van der Waals surface area contributed by atoms with Crippen LogP contribution in [0.1, 0.15) is 19.4 Å². The van der Waals surface area contributed by atoms with Crippen molar-refractivity contribution in [3.8, 4) is 6.07 Å². The molecule has 0 aliphatic heterocycles. The van der Waals surface area contributed by atoms with Crippen LogP contribution in [0.2, 0.25) is 0 Å². The molecule has 0 saturated heterocycles. The molecule has 0 unspecified atom stereocenters. The number of anilines is 1. The summed E-state index contributed by atoms with van der Waals surface area (Å²) < 4.78 is 25.0. The first-order valence-corrected chi connectivity index (χ1v) is 8.61. The second-order valence-electron chi connectivity index (χ2n) is 5.05. The molecule has 1 aromatic rings. The molecule has 1 rings (SSSR count). The van der Waals surface area contributed by atoms with E-state index in [2.05, 4.69) is 10.6 Å². The topological polar surface area (TPSA) is 102 Å². The SMILES string of the molecule is CC(C)NC(=O)NCCN(c1cccc(C#N)c1)S(C)(=O)=O. The third kappa shape index (κ3) is 5.61. The van der Waals surface area contributed by atoms with Gasteiger partial charge in [-0.25, -0.2) is 13.2 Å². The predicted octanol–water partition coefficient (Wildman–Crippen LogP) is 1.03. The molecule has 1 aromatic carbocycles. The van der Waals surface area contributed by atoms with Gasteiger partial charge in [-0.05, 0) is 32.0 Å². The number of carbonyl (C=O) groups excluding carboxylic acids is 1. The number of nitriles is 1. The number of carbonyl (C=O) groups is 1. The highest BCUT2D eigenvalue weighted by Gasteiger charge is 2.17. The largest absolute Gasteiger partial charge is 0.336 e. The Kier molecular flexibility index (Phi) is 6.19. The minimum Gasteiger partial charge on any atom is -0.336 e. The molecule has 22 heavy (non-hydrogen) atoms. The number of rotatable bonds is 6. The summed E-state index contributed by atoms with van der Waals surface area (Å²) in [6, 6.07) is 7.93. The van der Waals surface area contributed by atoms with Crippen LogP contribution in [0, 0.1) is 11.3 Å². The molecule has 0 fully saturated rings. The number of sulfonamides is 1. The Morgan fingerprint density at radius 2 is 2.09 bits per heavy atom. The van der Waals surface area contributed by atoms with Gasteiger partial charge in [0.2, 0.25) is 10.0 Å². The van der Waals surface area contributed by atoms with Gasteiger partial charge in [-0.1, -0.05) is 6.07 Å². The maximum absolute atomic E-state index is 11.9. The summed E-state index contributed by atoms with van der Waals surface area (Å²) in [4.78, 5) is 11.5. The van der Waals surface area contributed by atoms with E-state index < -0.39 is 10.0 Å². The molecule has 0 bridgehead atoms. The first kappa shape index (κ1) is 17.8. The van der Waals surface area contributed by atoms with E-state index in [0.29, 0.717) is 11.3 Å². The van der Waals surface area contributed by atoms with Crippen molar-refractivity contribution >= 4 is 21.7 Å². The van der Waals surface area contributed by atoms with Crippen LogP contribution in [0.5, 0.6) is 0 Å². The van der Waals surface area contributed by atoms with Gasteiger partial charge in [-0.3, -0.25) is 4.31 Å². The van der Waals surface area contributed by atoms with E-state index in [1.165, 1.54) is 6.07 Å². The van der Waals surface area contributed by atoms with Crippen molar-refractivity contribution in [2.24, 2.45) is 0 Å². The second-order valence-corrected chi connectivity index (χ2v) is 6.96. The van der Waals surface area contributed by atoms with Crippen molar-refractivity contribution in [2.45, 2.75) is 19.9 Å². The van der Waals surface area contributed by atoms with Gasteiger partial charge in [0.1, 0.15) is 0 Å². The van der Waals surface area contributed by atoms with E-state index >= 15 is 0 Å². The average Bonchev–Trinajstić information content (AvgIpc) is 2.41. The fraction of sp³-hybridized carbons (Fsp3) is 0.429. The van der Waals surface area contributed by atoms with Crippen molar-refractivity contribution in [1.82, 2.24) is 10.6 Å². The molecular formula is C14H20N4O3S. The first-order chi connectivity index (χ1) is 10.2. The van der Waals surface area contributed by atoms with Gasteiger partial charge in [0.15, 0.2) is 0 Å².